The molecule has 20 heavy (non-hydrogen) atoms. The van der Waals surface area contributed by atoms with Crippen molar-refractivity contribution in [1.82, 2.24) is 0 Å². The zero-order valence-corrected chi connectivity index (χ0v) is 15.8. The minimum absolute atomic E-state index is 0. The molecule has 0 saturated carbocycles. The molecule has 122 valence electrons. The van der Waals surface area contributed by atoms with E-state index in [4.69, 9.17) is 0 Å². The molecule has 0 N–H and O–H groups in total. The highest BCUT2D eigenvalue weighted by molar-refractivity contribution is 4.99. The summed E-state index contributed by atoms with van der Waals surface area (Å²) in [6, 6.07) is 0. The fraction of sp³-hybridized carbons (Fsp3) is 0.875. The average molecular weight is 325 g/mol. The van der Waals surface area contributed by atoms with Crippen LogP contribution in [0, 0.1) is 11.8 Å². The van der Waals surface area contributed by atoms with Crippen LogP contribution in [0.4, 0.5) is 0 Å². The molecule has 0 fully saturated rings. The van der Waals surface area contributed by atoms with Crippen LogP contribution in [0.5, 0.6) is 0 Å². The van der Waals surface area contributed by atoms with Gasteiger partial charge in [-0.1, -0.05) is 0 Å². The maximum atomic E-state index is 3.44. The van der Waals surface area contributed by atoms with Crippen LogP contribution in [0.15, 0.2) is 0 Å². The van der Waals surface area contributed by atoms with Crippen LogP contribution in [0.3, 0.4) is 0 Å². The fourth-order valence-electron chi connectivity index (χ4n) is 2.46. The first-order valence-electron chi connectivity index (χ1n) is 7.73. The summed E-state index contributed by atoms with van der Waals surface area (Å²) in [5, 5.41) is 0. The maximum absolute atomic E-state index is 3.44. The van der Waals surface area contributed by atoms with Gasteiger partial charge in [0.15, 0.2) is 0 Å². The van der Waals surface area contributed by atoms with E-state index in [9.17, 15) is 0 Å². The number of hydrogen-bond acceptors (Lipinski definition) is 0. The quantitative estimate of drug-likeness (QED) is 0.325. The Hall–Kier alpha value is 0.0600. The summed E-state index contributed by atoms with van der Waals surface area (Å²) in [5.41, 5.74) is 0. The summed E-state index contributed by atoms with van der Waals surface area (Å²) in [6.07, 6.45) is 0. The lowest BCUT2D eigenvalue weighted by Gasteiger charge is -2.34. The lowest BCUT2D eigenvalue weighted by atomic mass is 10.3. The van der Waals surface area contributed by atoms with Gasteiger partial charge >= 0.3 is 0 Å². The summed E-state index contributed by atoms with van der Waals surface area (Å²) in [6.45, 7) is 22.8. The van der Waals surface area contributed by atoms with E-state index in [-0.39, 0.29) is 24.8 Å². The average Bonchev–Trinajstić information content (AvgIpc) is 2.45. The summed E-state index contributed by atoms with van der Waals surface area (Å²) >= 11 is 0. The Kier molecular flexibility index (Phi) is 16.0. The van der Waals surface area contributed by atoms with Crippen LogP contribution in [-0.4, -0.2) is 61.3 Å². The van der Waals surface area contributed by atoms with Crippen molar-refractivity contribution in [1.29, 1.82) is 0 Å². The summed E-state index contributed by atoms with van der Waals surface area (Å²) in [5.74, 6) is 6.89. The van der Waals surface area contributed by atoms with Crippen LogP contribution >= 0.6 is 0 Å². The van der Waals surface area contributed by atoms with Gasteiger partial charge in [-0.15, -0.1) is 0 Å². The standard InChI is InChI=1S/C16H34N2.2ClH/c1-7-17(8-2,9-3)15-13-14-16-18(10-4,11-5)12-6;;/h7-12,15-16H2,1-6H3;2*1H/q+2;;/p-2. The molecule has 0 spiro atoms. The highest BCUT2D eigenvalue weighted by Crippen LogP contribution is 2.06. The van der Waals surface area contributed by atoms with Gasteiger partial charge in [-0.2, -0.15) is 0 Å². The summed E-state index contributed by atoms with van der Waals surface area (Å²) in [7, 11) is 0. The molecule has 0 aliphatic rings. The first-order chi connectivity index (χ1) is 8.57. The van der Waals surface area contributed by atoms with E-state index in [1.807, 2.05) is 0 Å². The van der Waals surface area contributed by atoms with Gasteiger partial charge in [-0.3, -0.25) is 0 Å². The number of quaternary nitrogens is 2. The first kappa shape index (κ1) is 25.0. The summed E-state index contributed by atoms with van der Waals surface area (Å²) < 4.78 is 2.27. The summed E-state index contributed by atoms with van der Waals surface area (Å²) in [4.78, 5) is 0. The second-order valence-corrected chi connectivity index (χ2v) is 5.25. The van der Waals surface area contributed by atoms with Gasteiger partial charge in [0, 0.05) is 0 Å². The molecule has 4 heteroatoms. The Morgan fingerprint density at radius 2 is 0.700 bits per heavy atom. The van der Waals surface area contributed by atoms with Crippen molar-refractivity contribution in [2.45, 2.75) is 41.5 Å². The molecule has 0 aromatic rings. The van der Waals surface area contributed by atoms with Crippen LogP contribution in [0.25, 0.3) is 0 Å². The molecule has 0 aromatic carbocycles. The van der Waals surface area contributed by atoms with Crippen LogP contribution in [-0.2, 0) is 0 Å². The molecule has 0 heterocycles. The van der Waals surface area contributed by atoms with Gasteiger partial charge in [0.05, 0.1) is 39.3 Å². The monoisotopic (exact) mass is 324 g/mol. The molecule has 0 unspecified atom stereocenters. The zero-order chi connectivity index (χ0) is 14.1. The molecule has 0 aromatic heterocycles. The molecule has 0 bridgehead atoms. The van der Waals surface area contributed by atoms with Crippen molar-refractivity contribution in [3.63, 3.8) is 0 Å². The van der Waals surface area contributed by atoms with Crippen molar-refractivity contribution < 1.29 is 33.8 Å². The Balaban J connectivity index is -0.00000144. The molecular formula is C16H34Cl2N2. The molecule has 0 atom stereocenters. The normalized spacial score (nSPS) is 10.9. The van der Waals surface area contributed by atoms with Gasteiger partial charge in [0.25, 0.3) is 0 Å². The smallest absolute Gasteiger partial charge is 0.141 e. The molecule has 0 amide bonds. The van der Waals surface area contributed by atoms with Crippen LogP contribution < -0.4 is 24.8 Å². The number of rotatable bonds is 8. The molecular weight excluding hydrogens is 291 g/mol. The van der Waals surface area contributed by atoms with Crippen molar-refractivity contribution in [3.8, 4) is 11.8 Å². The van der Waals surface area contributed by atoms with Crippen molar-refractivity contribution in [2.24, 2.45) is 0 Å². The van der Waals surface area contributed by atoms with Crippen molar-refractivity contribution in [2.75, 3.05) is 52.4 Å². The van der Waals surface area contributed by atoms with Gasteiger partial charge in [0.1, 0.15) is 13.1 Å². The van der Waals surface area contributed by atoms with E-state index in [2.05, 4.69) is 53.4 Å². The van der Waals surface area contributed by atoms with Gasteiger partial charge < -0.3 is 33.8 Å². The third-order valence-corrected chi connectivity index (χ3v) is 4.98. The van der Waals surface area contributed by atoms with Crippen LogP contribution in [0.1, 0.15) is 41.5 Å². The lowest BCUT2D eigenvalue weighted by Crippen LogP contribution is -3.00. The van der Waals surface area contributed by atoms with Crippen LogP contribution in [0.2, 0.25) is 0 Å². The minimum atomic E-state index is 0. The third kappa shape index (κ3) is 7.18. The van der Waals surface area contributed by atoms with E-state index < -0.39 is 0 Å². The third-order valence-electron chi connectivity index (χ3n) is 4.98. The van der Waals surface area contributed by atoms with E-state index in [1.165, 1.54) is 39.3 Å². The van der Waals surface area contributed by atoms with Gasteiger partial charge in [-0.25, -0.2) is 0 Å². The first-order valence-corrected chi connectivity index (χ1v) is 7.73. The van der Waals surface area contributed by atoms with Crippen molar-refractivity contribution in [3.05, 3.63) is 0 Å². The largest absolute Gasteiger partial charge is 1.00 e. The number of halogens is 2. The van der Waals surface area contributed by atoms with Gasteiger partial charge in [0.2, 0.25) is 0 Å². The van der Waals surface area contributed by atoms with Crippen molar-refractivity contribution >= 4 is 0 Å². The predicted octanol–water partition coefficient (Wildman–Crippen LogP) is -3.25. The van der Waals surface area contributed by atoms with E-state index in [0.29, 0.717) is 0 Å². The molecule has 0 radical (unpaired) electrons. The zero-order valence-electron chi connectivity index (χ0n) is 14.3. The second-order valence-electron chi connectivity index (χ2n) is 5.25. The Morgan fingerprint density at radius 3 is 0.850 bits per heavy atom. The molecule has 0 aliphatic heterocycles. The molecule has 2 nitrogen and oxygen atoms in total. The fourth-order valence-corrected chi connectivity index (χ4v) is 2.46. The molecule has 0 saturated heterocycles. The second kappa shape index (κ2) is 12.8. The highest BCUT2D eigenvalue weighted by atomic mass is 35.5. The van der Waals surface area contributed by atoms with Gasteiger partial charge in [-0.05, 0) is 53.4 Å². The molecule has 0 aliphatic carbocycles. The van der Waals surface area contributed by atoms with E-state index >= 15 is 0 Å². The Morgan fingerprint density at radius 1 is 0.500 bits per heavy atom. The minimum Gasteiger partial charge on any atom is -1.00 e. The Labute approximate surface area is 139 Å². The lowest BCUT2D eigenvalue weighted by molar-refractivity contribution is -0.918. The topological polar surface area (TPSA) is 0 Å². The number of hydrogen-bond donors (Lipinski definition) is 0. The van der Waals surface area contributed by atoms with E-state index in [0.717, 1.165) is 22.1 Å². The molecule has 0 rings (SSSR count). The Bertz CT molecular complexity index is 231. The SMILES string of the molecule is CC[N+](CC)(CC)CC#CC[N+](CC)(CC)CC.[Cl-].[Cl-]. The number of nitrogens with zero attached hydrogens (tertiary/aromatic N) is 2. The maximum Gasteiger partial charge on any atom is 0.141 e. The highest BCUT2D eigenvalue weighted by Gasteiger charge is 2.20. The predicted molar refractivity (Wildman–Crippen MR) is 81.3 cm³/mol. The van der Waals surface area contributed by atoms with E-state index in [1.54, 1.807) is 0 Å².